The van der Waals surface area contributed by atoms with Crippen LogP contribution in [0, 0.1) is 13.8 Å². The van der Waals surface area contributed by atoms with Gasteiger partial charge in [-0.2, -0.15) is 0 Å². The molecule has 0 aliphatic rings. The SMILES string of the molecule is CCCC[Si](CC)(CC)c1cc(C)cc(-c2c(C)ccc([Si](CC)(CC)CCCC)c2O)c1O. The topological polar surface area (TPSA) is 40.5 Å². The summed E-state index contributed by atoms with van der Waals surface area (Å²) >= 11 is 0. The summed E-state index contributed by atoms with van der Waals surface area (Å²) in [7, 11) is -3.63. The van der Waals surface area contributed by atoms with Crippen LogP contribution >= 0.6 is 0 Å². The van der Waals surface area contributed by atoms with E-state index in [1.54, 1.807) is 0 Å². The van der Waals surface area contributed by atoms with Gasteiger partial charge in [0.1, 0.15) is 11.5 Å². The fourth-order valence-corrected chi connectivity index (χ4v) is 14.9. The highest BCUT2D eigenvalue weighted by Crippen LogP contribution is 2.41. The number of aromatic hydroxyl groups is 2. The fourth-order valence-electron chi connectivity index (χ4n) is 6.10. The predicted octanol–water partition coefficient (Wildman–Crippen LogP) is 8.37. The first-order valence-corrected chi connectivity index (χ1v) is 19.1. The highest BCUT2D eigenvalue weighted by Gasteiger charge is 2.37. The molecule has 0 bridgehead atoms. The molecule has 0 aromatic heterocycles. The van der Waals surface area contributed by atoms with Gasteiger partial charge < -0.3 is 10.2 Å². The van der Waals surface area contributed by atoms with Crippen molar-refractivity contribution in [2.24, 2.45) is 0 Å². The van der Waals surface area contributed by atoms with Crippen LogP contribution < -0.4 is 10.4 Å². The zero-order chi connectivity index (χ0) is 25.5. The van der Waals surface area contributed by atoms with Crippen LogP contribution in [-0.2, 0) is 0 Å². The van der Waals surface area contributed by atoms with Crippen LogP contribution in [-0.4, -0.2) is 26.4 Å². The van der Waals surface area contributed by atoms with Crippen molar-refractivity contribution >= 4 is 26.5 Å². The third-order valence-electron chi connectivity index (χ3n) is 8.78. The second kappa shape index (κ2) is 12.4. The van der Waals surface area contributed by atoms with Gasteiger partial charge in [0.15, 0.2) is 0 Å². The van der Waals surface area contributed by atoms with Gasteiger partial charge in [-0.25, -0.2) is 0 Å². The van der Waals surface area contributed by atoms with Crippen molar-refractivity contribution in [1.82, 2.24) is 0 Å². The first-order valence-electron chi connectivity index (χ1n) is 13.9. The largest absolute Gasteiger partial charge is 0.507 e. The van der Waals surface area contributed by atoms with Crippen molar-refractivity contribution in [3.8, 4) is 22.6 Å². The van der Waals surface area contributed by atoms with Crippen molar-refractivity contribution in [3.05, 3.63) is 35.4 Å². The van der Waals surface area contributed by atoms with Crippen LogP contribution in [0.2, 0.25) is 36.3 Å². The van der Waals surface area contributed by atoms with E-state index in [0.717, 1.165) is 40.9 Å². The van der Waals surface area contributed by atoms with Gasteiger partial charge in [0.25, 0.3) is 0 Å². The predicted molar refractivity (Wildman–Crippen MR) is 157 cm³/mol. The van der Waals surface area contributed by atoms with E-state index in [9.17, 15) is 10.2 Å². The van der Waals surface area contributed by atoms with Crippen LogP contribution in [0.15, 0.2) is 24.3 Å². The maximum atomic E-state index is 11.8. The van der Waals surface area contributed by atoms with E-state index in [2.05, 4.69) is 79.7 Å². The number of phenols is 2. The van der Waals surface area contributed by atoms with E-state index >= 15 is 0 Å². The number of unbranched alkanes of at least 4 members (excludes halogenated alkanes) is 2. The summed E-state index contributed by atoms with van der Waals surface area (Å²) in [5, 5.41) is 26.0. The van der Waals surface area contributed by atoms with E-state index in [0.29, 0.717) is 11.5 Å². The number of hydrogen-bond acceptors (Lipinski definition) is 2. The van der Waals surface area contributed by atoms with Gasteiger partial charge in [-0.15, -0.1) is 0 Å². The first-order chi connectivity index (χ1) is 16.2. The molecule has 0 heterocycles. The zero-order valence-corrected chi connectivity index (χ0v) is 25.3. The van der Waals surface area contributed by atoms with Crippen LogP contribution in [0.5, 0.6) is 11.5 Å². The highest BCUT2D eigenvalue weighted by molar-refractivity contribution is 6.93. The average molecular weight is 499 g/mol. The monoisotopic (exact) mass is 498 g/mol. The summed E-state index contributed by atoms with van der Waals surface area (Å²) in [6.07, 6.45) is 4.81. The Morgan fingerprint density at radius 3 is 1.62 bits per heavy atom. The molecule has 0 radical (unpaired) electrons. The average Bonchev–Trinajstić information content (AvgIpc) is 2.84. The second-order valence-corrected chi connectivity index (χ2v) is 20.6. The Labute approximate surface area is 211 Å². The van der Waals surface area contributed by atoms with Crippen molar-refractivity contribution in [1.29, 1.82) is 0 Å². The van der Waals surface area contributed by atoms with Gasteiger partial charge in [0, 0.05) is 11.1 Å². The molecule has 4 heteroatoms. The normalized spacial score (nSPS) is 12.4. The van der Waals surface area contributed by atoms with E-state index in [1.165, 1.54) is 53.7 Å². The summed E-state index contributed by atoms with van der Waals surface area (Å²) in [5.74, 6) is 0.869. The van der Waals surface area contributed by atoms with Gasteiger partial charge in [0.2, 0.25) is 0 Å². The molecular weight excluding hydrogens is 449 g/mol. The highest BCUT2D eigenvalue weighted by atomic mass is 28.3. The Balaban J connectivity index is 2.82. The Morgan fingerprint density at radius 2 is 1.15 bits per heavy atom. The molecule has 0 saturated heterocycles. The second-order valence-electron chi connectivity index (χ2n) is 10.5. The lowest BCUT2D eigenvalue weighted by atomic mass is 9.97. The molecule has 0 unspecified atom stereocenters. The maximum Gasteiger partial charge on any atom is 0.123 e. The van der Waals surface area contributed by atoms with E-state index in [1.807, 2.05) is 0 Å². The summed E-state index contributed by atoms with van der Waals surface area (Å²) in [4.78, 5) is 0. The van der Waals surface area contributed by atoms with Crippen LogP contribution in [0.1, 0.15) is 78.4 Å². The summed E-state index contributed by atoms with van der Waals surface area (Å²) < 4.78 is 0. The molecule has 2 aromatic rings. The van der Waals surface area contributed by atoms with Gasteiger partial charge in [-0.1, -0.05) is 127 Å². The van der Waals surface area contributed by atoms with Crippen molar-refractivity contribution in [2.75, 3.05) is 0 Å². The third kappa shape index (κ3) is 5.48. The molecule has 0 atom stereocenters. The Morgan fingerprint density at radius 1 is 0.647 bits per heavy atom. The number of hydrogen-bond donors (Lipinski definition) is 2. The van der Waals surface area contributed by atoms with Crippen molar-refractivity contribution in [3.63, 3.8) is 0 Å². The molecule has 0 aliphatic carbocycles. The van der Waals surface area contributed by atoms with E-state index in [4.69, 9.17) is 0 Å². The molecule has 0 saturated carbocycles. The zero-order valence-electron chi connectivity index (χ0n) is 23.3. The minimum atomic E-state index is -1.82. The standard InChI is InChI=1S/C30H50O2Si2/c1-9-15-19-33(11-3,12-4)26-18-17-24(8)28(30(26)32)25-21-23(7)22-27(29(25)31)34(13-5,14-6)20-16-10-2/h17-18,21-22,31-32H,9-16,19-20H2,1-8H3. The third-order valence-corrected chi connectivity index (χ3v) is 19.9. The molecule has 0 amide bonds. The van der Waals surface area contributed by atoms with Crippen LogP contribution in [0.4, 0.5) is 0 Å². The summed E-state index contributed by atoms with van der Waals surface area (Å²) in [6, 6.07) is 15.7. The number of rotatable bonds is 13. The van der Waals surface area contributed by atoms with E-state index < -0.39 is 16.1 Å². The van der Waals surface area contributed by atoms with Crippen molar-refractivity contribution in [2.45, 2.75) is 117 Å². The molecule has 190 valence electrons. The lowest BCUT2D eigenvalue weighted by molar-refractivity contribution is 0.472. The Hall–Kier alpha value is -1.53. The molecule has 2 aromatic carbocycles. The first kappa shape index (κ1) is 28.7. The Kier molecular flexibility index (Phi) is 10.5. The Bertz CT molecular complexity index is 943. The number of benzene rings is 2. The summed E-state index contributed by atoms with van der Waals surface area (Å²) in [5.41, 5.74) is 3.93. The lowest BCUT2D eigenvalue weighted by Crippen LogP contribution is -2.47. The number of aryl methyl sites for hydroxylation is 2. The fraction of sp³-hybridized carbons (Fsp3) is 0.600. The van der Waals surface area contributed by atoms with Gasteiger partial charge in [-0.3, -0.25) is 0 Å². The minimum absolute atomic E-state index is 0.432. The quantitative estimate of drug-likeness (QED) is 0.272. The molecule has 2 nitrogen and oxygen atoms in total. The summed E-state index contributed by atoms with van der Waals surface area (Å²) in [6.45, 7) is 18.0. The smallest absolute Gasteiger partial charge is 0.123 e. The molecule has 0 aliphatic heterocycles. The lowest BCUT2D eigenvalue weighted by Gasteiger charge is -2.33. The van der Waals surface area contributed by atoms with Crippen LogP contribution in [0.3, 0.4) is 0 Å². The molecule has 2 rings (SSSR count). The molecular formula is C30H50O2Si2. The molecule has 0 spiro atoms. The van der Waals surface area contributed by atoms with Crippen LogP contribution in [0.25, 0.3) is 11.1 Å². The van der Waals surface area contributed by atoms with Gasteiger partial charge in [0.05, 0.1) is 16.1 Å². The van der Waals surface area contributed by atoms with E-state index in [-0.39, 0.29) is 0 Å². The molecule has 0 fully saturated rings. The van der Waals surface area contributed by atoms with Crippen molar-refractivity contribution < 1.29 is 10.2 Å². The maximum absolute atomic E-state index is 11.8. The number of phenolic OH excluding ortho intramolecular Hbond substituents is 2. The van der Waals surface area contributed by atoms with Gasteiger partial charge in [-0.05, 0) is 35.9 Å². The molecule has 34 heavy (non-hydrogen) atoms. The van der Waals surface area contributed by atoms with Gasteiger partial charge >= 0.3 is 0 Å². The molecule has 2 N–H and O–H groups in total. The minimum Gasteiger partial charge on any atom is -0.507 e.